The number of amides is 1. The van der Waals surface area contributed by atoms with Gasteiger partial charge >= 0.3 is 0 Å². The van der Waals surface area contributed by atoms with Crippen LogP contribution in [0.5, 0.6) is 0 Å². The van der Waals surface area contributed by atoms with E-state index in [1.165, 1.54) is 0 Å². The van der Waals surface area contributed by atoms with Gasteiger partial charge < -0.3 is 9.80 Å². The van der Waals surface area contributed by atoms with E-state index >= 15 is 0 Å². The molecule has 82 valence electrons. The minimum Gasteiger partial charge on any atom is -0.345 e. The summed E-state index contributed by atoms with van der Waals surface area (Å²) in [5, 5.41) is 8.91. The number of carbonyl (C=O) groups excluding carboxylic acids is 1. The third-order valence-electron chi connectivity index (χ3n) is 4.32. The van der Waals surface area contributed by atoms with E-state index in [-0.39, 0.29) is 16.7 Å². The molecule has 0 aromatic carbocycles. The zero-order chi connectivity index (χ0) is 11.3. The van der Waals surface area contributed by atoms with E-state index in [2.05, 4.69) is 13.1 Å². The smallest absolute Gasteiger partial charge is 0.230 e. The minimum atomic E-state index is -0.379. The Morgan fingerprint density at radius 3 is 2.67 bits per heavy atom. The molecule has 0 radical (unpaired) electrons. The van der Waals surface area contributed by atoms with Crippen molar-refractivity contribution in [3.63, 3.8) is 0 Å². The van der Waals surface area contributed by atoms with Crippen molar-refractivity contribution in [1.82, 2.24) is 9.80 Å². The lowest BCUT2D eigenvalue weighted by Crippen LogP contribution is -2.52. The largest absolute Gasteiger partial charge is 0.345 e. The second-order valence-corrected chi connectivity index (χ2v) is 5.33. The second-order valence-electron chi connectivity index (χ2n) is 5.33. The van der Waals surface area contributed by atoms with Gasteiger partial charge in [-0.3, -0.25) is 4.79 Å². The molecule has 15 heavy (non-hydrogen) atoms. The second kappa shape index (κ2) is 2.88. The summed E-state index contributed by atoms with van der Waals surface area (Å²) in [6.45, 7) is 6.35. The highest BCUT2D eigenvalue weighted by atomic mass is 16.2. The lowest BCUT2D eigenvalue weighted by Gasteiger charge is -2.45. The predicted molar refractivity (Wildman–Crippen MR) is 55.7 cm³/mol. The molecule has 0 saturated carbocycles. The first kappa shape index (κ1) is 10.3. The van der Waals surface area contributed by atoms with Crippen molar-refractivity contribution in [2.45, 2.75) is 20.3 Å². The molecule has 2 fully saturated rings. The van der Waals surface area contributed by atoms with Gasteiger partial charge in [0.2, 0.25) is 5.91 Å². The van der Waals surface area contributed by atoms with Crippen molar-refractivity contribution in [1.29, 1.82) is 5.26 Å². The molecule has 2 aliphatic heterocycles. The molecule has 1 amide bonds. The van der Waals surface area contributed by atoms with Gasteiger partial charge in [0.1, 0.15) is 0 Å². The van der Waals surface area contributed by atoms with E-state index in [0.29, 0.717) is 6.54 Å². The van der Waals surface area contributed by atoms with Crippen molar-refractivity contribution in [3.8, 4) is 6.19 Å². The average Bonchev–Trinajstić information content (AvgIpc) is 2.37. The highest BCUT2D eigenvalue weighted by Crippen LogP contribution is 2.51. The number of hydrogen-bond acceptors (Lipinski definition) is 3. The molecule has 0 aliphatic carbocycles. The summed E-state index contributed by atoms with van der Waals surface area (Å²) in [7, 11) is 1.86. The maximum atomic E-state index is 12.1. The van der Waals surface area contributed by atoms with Gasteiger partial charge in [-0.25, -0.2) is 0 Å². The van der Waals surface area contributed by atoms with Crippen LogP contribution in [0.2, 0.25) is 0 Å². The fourth-order valence-corrected chi connectivity index (χ4v) is 2.99. The third-order valence-corrected chi connectivity index (χ3v) is 4.32. The van der Waals surface area contributed by atoms with E-state index in [0.717, 1.165) is 19.5 Å². The predicted octanol–water partition coefficient (Wildman–Crippen LogP) is 0.658. The molecule has 2 atom stereocenters. The summed E-state index contributed by atoms with van der Waals surface area (Å²) in [5.74, 6) is 0.185. The number of hydrogen-bond donors (Lipinski definition) is 0. The van der Waals surface area contributed by atoms with Crippen LogP contribution in [-0.4, -0.2) is 42.4 Å². The first-order valence-corrected chi connectivity index (χ1v) is 5.33. The Morgan fingerprint density at radius 1 is 1.40 bits per heavy atom. The van der Waals surface area contributed by atoms with Gasteiger partial charge in [-0.1, -0.05) is 6.92 Å². The summed E-state index contributed by atoms with van der Waals surface area (Å²) >= 11 is 0. The van der Waals surface area contributed by atoms with Crippen LogP contribution in [0.25, 0.3) is 0 Å². The number of rotatable bonds is 0. The standard InChI is InChI=1S/C11H17N3O/c1-10-4-5-14(8-12)7-11(10,2)9(15)13(3)6-10/h4-7H2,1-3H3. The molecular weight excluding hydrogens is 190 g/mol. The molecule has 2 saturated heterocycles. The Hall–Kier alpha value is -1.24. The highest BCUT2D eigenvalue weighted by Gasteiger charge is 2.59. The molecule has 2 rings (SSSR count). The quantitative estimate of drug-likeness (QED) is 0.548. The molecular formula is C11H17N3O. The minimum absolute atomic E-state index is 0.0339. The van der Waals surface area contributed by atoms with Crippen molar-refractivity contribution >= 4 is 5.91 Å². The van der Waals surface area contributed by atoms with Crippen molar-refractivity contribution in [2.75, 3.05) is 26.7 Å². The SMILES string of the molecule is CN1CC2(C)CCN(C#N)CC2(C)C1=O. The molecule has 0 aromatic heterocycles. The van der Waals surface area contributed by atoms with E-state index in [1.54, 1.807) is 9.80 Å². The van der Waals surface area contributed by atoms with Crippen LogP contribution in [0.1, 0.15) is 20.3 Å². The van der Waals surface area contributed by atoms with Gasteiger partial charge in [0.25, 0.3) is 0 Å². The Morgan fingerprint density at radius 2 is 2.07 bits per heavy atom. The van der Waals surface area contributed by atoms with Gasteiger partial charge in [-0.15, -0.1) is 0 Å². The first-order valence-electron chi connectivity index (χ1n) is 5.33. The topological polar surface area (TPSA) is 47.3 Å². The molecule has 2 aliphatic rings. The summed E-state index contributed by atoms with van der Waals surface area (Å²) in [4.78, 5) is 15.6. The number of likely N-dealkylation sites (tertiary alicyclic amines) is 2. The average molecular weight is 207 g/mol. The molecule has 4 heteroatoms. The Labute approximate surface area is 90.5 Å². The van der Waals surface area contributed by atoms with E-state index in [9.17, 15) is 4.79 Å². The molecule has 0 N–H and O–H groups in total. The Balaban J connectivity index is 2.36. The van der Waals surface area contributed by atoms with Crippen LogP contribution in [0.4, 0.5) is 0 Å². The summed E-state index contributed by atoms with van der Waals surface area (Å²) in [5.41, 5.74) is -0.345. The van der Waals surface area contributed by atoms with Gasteiger partial charge in [0.05, 0.1) is 5.41 Å². The summed E-state index contributed by atoms with van der Waals surface area (Å²) in [6.07, 6.45) is 3.08. The first-order chi connectivity index (χ1) is 6.93. The monoisotopic (exact) mass is 207 g/mol. The summed E-state index contributed by atoms with van der Waals surface area (Å²) < 4.78 is 0. The molecule has 2 unspecified atom stereocenters. The van der Waals surface area contributed by atoms with Crippen LogP contribution in [0, 0.1) is 22.3 Å². The fourth-order valence-electron chi connectivity index (χ4n) is 2.99. The summed E-state index contributed by atoms with van der Waals surface area (Å²) in [6, 6.07) is 0. The van der Waals surface area contributed by atoms with Gasteiger partial charge in [0, 0.05) is 32.1 Å². The number of piperidine rings is 1. The number of carbonyl (C=O) groups is 1. The van der Waals surface area contributed by atoms with Crippen LogP contribution in [0.3, 0.4) is 0 Å². The van der Waals surface area contributed by atoms with Gasteiger partial charge in [0.15, 0.2) is 6.19 Å². The Kier molecular flexibility index (Phi) is 1.97. The lowest BCUT2D eigenvalue weighted by atomic mass is 9.63. The molecule has 2 heterocycles. The van der Waals surface area contributed by atoms with Crippen molar-refractivity contribution in [3.05, 3.63) is 0 Å². The maximum Gasteiger partial charge on any atom is 0.230 e. The van der Waals surface area contributed by atoms with Crippen molar-refractivity contribution < 1.29 is 4.79 Å². The molecule has 0 aromatic rings. The van der Waals surface area contributed by atoms with Crippen molar-refractivity contribution in [2.24, 2.45) is 10.8 Å². The number of nitriles is 1. The normalized spacial score (nSPS) is 40.3. The van der Waals surface area contributed by atoms with Crippen LogP contribution in [-0.2, 0) is 4.79 Å². The van der Waals surface area contributed by atoms with Crippen LogP contribution in [0.15, 0.2) is 0 Å². The van der Waals surface area contributed by atoms with Crippen LogP contribution >= 0.6 is 0 Å². The Bertz CT molecular complexity index is 348. The lowest BCUT2D eigenvalue weighted by molar-refractivity contribution is -0.138. The number of nitrogens with zero attached hydrogens (tertiary/aromatic N) is 3. The van der Waals surface area contributed by atoms with E-state index in [1.807, 2.05) is 14.0 Å². The zero-order valence-electron chi connectivity index (χ0n) is 9.58. The van der Waals surface area contributed by atoms with E-state index in [4.69, 9.17) is 5.26 Å². The molecule has 0 bridgehead atoms. The van der Waals surface area contributed by atoms with E-state index < -0.39 is 0 Å². The molecule has 4 nitrogen and oxygen atoms in total. The maximum absolute atomic E-state index is 12.1. The van der Waals surface area contributed by atoms with Gasteiger partial charge in [-0.2, -0.15) is 5.26 Å². The zero-order valence-corrected chi connectivity index (χ0v) is 9.58. The van der Waals surface area contributed by atoms with Crippen LogP contribution < -0.4 is 0 Å². The highest BCUT2D eigenvalue weighted by molar-refractivity contribution is 5.86. The fraction of sp³-hybridized carbons (Fsp3) is 0.818. The third kappa shape index (κ3) is 1.16. The molecule has 0 spiro atoms. The number of fused-ring (bicyclic) bond motifs is 1. The van der Waals surface area contributed by atoms with Gasteiger partial charge in [-0.05, 0) is 13.3 Å².